The van der Waals surface area contributed by atoms with Crippen LogP contribution in [0.2, 0.25) is 0 Å². The number of ether oxygens (including phenoxy) is 1. The second-order valence-electron chi connectivity index (χ2n) is 6.20. The molecule has 0 spiro atoms. The molecule has 0 bridgehead atoms. The fourth-order valence-electron chi connectivity index (χ4n) is 2.86. The number of benzene rings is 1. The van der Waals surface area contributed by atoms with Crippen LogP contribution in [0.3, 0.4) is 0 Å². The SMILES string of the molecule is CC(=O)c1ccc(O[C@H](C)C(=O)N2CCN(c3ncccn3)CC2)cc1. The van der Waals surface area contributed by atoms with Crippen LogP contribution in [0, 0.1) is 0 Å². The third-order valence-electron chi connectivity index (χ3n) is 4.35. The lowest BCUT2D eigenvalue weighted by molar-refractivity contribution is -0.138. The molecule has 7 nitrogen and oxygen atoms in total. The van der Waals surface area contributed by atoms with Gasteiger partial charge in [0.05, 0.1) is 0 Å². The largest absolute Gasteiger partial charge is 0.481 e. The van der Waals surface area contributed by atoms with Gasteiger partial charge in [-0.25, -0.2) is 9.97 Å². The van der Waals surface area contributed by atoms with Crippen LogP contribution in [0.4, 0.5) is 5.95 Å². The Balaban J connectivity index is 1.53. The van der Waals surface area contributed by atoms with Crippen LogP contribution in [-0.4, -0.2) is 58.8 Å². The highest BCUT2D eigenvalue weighted by Gasteiger charge is 2.26. The number of amides is 1. The number of nitrogens with zero attached hydrogens (tertiary/aromatic N) is 4. The molecule has 0 unspecified atom stereocenters. The molecule has 7 heteroatoms. The number of ketones is 1. The van der Waals surface area contributed by atoms with Crippen molar-refractivity contribution in [2.45, 2.75) is 20.0 Å². The smallest absolute Gasteiger partial charge is 0.263 e. The summed E-state index contributed by atoms with van der Waals surface area (Å²) in [6, 6.07) is 8.61. The average molecular weight is 354 g/mol. The van der Waals surface area contributed by atoms with Crippen LogP contribution in [0.25, 0.3) is 0 Å². The standard InChI is InChI=1S/C19H22N4O3/c1-14(24)16-4-6-17(7-5-16)26-15(2)18(25)22-10-12-23(13-11-22)19-20-8-3-9-21-19/h3-9,15H,10-13H2,1-2H3/t15-/m1/s1. The van der Waals surface area contributed by atoms with Gasteiger partial charge >= 0.3 is 0 Å². The van der Waals surface area contributed by atoms with Crippen LogP contribution in [0.15, 0.2) is 42.7 Å². The van der Waals surface area contributed by atoms with Gasteiger partial charge in [0.1, 0.15) is 5.75 Å². The van der Waals surface area contributed by atoms with Crippen molar-refractivity contribution < 1.29 is 14.3 Å². The minimum absolute atomic E-state index is 0.000872. The summed E-state index contributed by atoms with van der Waals surface area (Å²) in [6.45, 7) is 5.85. The molecule has 1 aliphatic heterocycles. The maximum Gasteiger partial charge on any atom is 0.263 e. The van der Waals surface area contributed by atoms with Gasteiger partial charge in [0.2, 0.25) is 5.95 Å². The molecule has 2 aromatic rings. The van der Waals surface area contributed by atoms with E-state index in [4.69, 9.17) is 4.74 Å². The quantitative estimate of drug-likeness (QED) is 0.762. The second-order valence-corrected chi connectivity index (χ2v) is 6.20. The van der Waals surface area contributed by atoms with Gasteiger partial charge in [-0.1, -0.05) is 0 Å². The van der Waals surface area contributed by atoms with E-state index in [0.29, 0.717) is 43.4 Å². The molecule has 0 aliphatic carbocycles. The van der Waals surface area contributed by atoms with Gasteiger partial charge in [0.15, 0.2) is 11.9 Å². The van der Waals surface area contributed by atoms with E-state index in [2.05, 4.69) is 14.9 Å². The maximum absolute atomic E-state index is 12.6. The molecule has 136 valence electrons. The lowest BCUT2D eigenvalue weighted by Crippen LogP contribution is -2.52. The van der Waals surface area contributed by atoms with Gasteiger partial charge in [0, 0.05) is 44.1 Å². The van der Waals surface area contributed by atoms with Crippen LogP contribution < -0.4 is 9.64 Å². The first-order valence-electron chi connectivity index (χ1n) is 8.63. The van der Waals surface area contributed by atoms with Crippen LogP contribution in [0.1, 0.15) is 24.2 Å². The summed E-state index contributed by atoms with van der Waals surface area (Å²) in [5, 5.41) is 0. The van der Waals surface area contributed by atoms with Crippen molar-refractivity contribution in [3.8, 4) is 5.75 Å². The number of anilines is 1. The zero-order valence-electron chi connectivity index (χ0n) is 15.0. The van der Waals surface area contributed by atoms with Crippen molar-refractivity contribution >= 4 is 17.6 Å². The number of Topliss-reactive ketones (excluding diaryl/α,β-unsaturated/α-hetero) is 1. The molecule has 26 heavy (non-hydrogen) atoms. The van der Waals surface area contributed by atoms with Gasteiger partial charge in [0.25, 0.3) is 5.91 Å². The van der Waals surface area contributed by atoms with Crippen LogP contribution in [-0.2, 0) is 4.79 Å². The van der Waals surface area contributed by atoms with Crippen LogP contribution in [0.5, 0.6) is 5.75 Å². The Kier molecular flexibility index (Phi) is 5.46. The van der Waals surface area contributed by atoms with Crippen molar-refractivity contribution in [1.29, 1.82) is 0 Å². The van der Waals surface area contributed by atoms with Gasteiger partial charge in [-0.2, -0.15) is 0 Å². The van der Waals surface area contributed by atoms with Crippen molar-refractivity contribution in [1.82, 2.24) is 14.9 Å². The van der Waals surface area contributed by atoms with E-state index in [1.807, 2.05) is 0 Å². The summed E-state index contributed by atoms with van der Waals surface area (Å²) in [6.07, 6.45) is 2.85. The van der Waals surface area contributed by atoms with E-state index in [1.54, 1.807) is 54.5 Å². The van der Waals surface area contributed by atoms with Crippen molar-refractivity contribution in [3.05, 3.63) is 48.3 Å². The summed E-state index contributed by atoms with van der Waals surface area (Å²) >= 11 is 0. The predicted molar refractivity (Wildman–Crippen MR) is 97.4 cm³/mol. The highest BCUT2D eigenvalue weighted by Crippen LogP contribution is 2.16. The third-order valence-corrected chi connectivity index (χ3v) is 4.35. The minimum atomic E-state index is -0.585. The topological polar surface area (TPSA) is 75.6 Å². The maximum atomic E-state index is 12.6. The number of hydrogen-bond donors (Lipinski definition) is 0. The highest BCUT2D eigenvalue weighted by atomic mass is 16.5. The fourth-order valence-corrected chi connectivity index (χ4v) is 2.86. The first kappa shape index (κ1) is 17.8. The zero-order chi connectivity index (χ0) is 18.5. The normalized spacial score (nSPS) is 15.5. The van der Waals surface area contributed by atoms with E-state index in [1.165, 1.54) is 6.92 Å². The first-order valence-corrected chi connectivity index (χ1v) is 8.63. The highest BCUT2D eigenvalue weighted by molar-refractivity contribution is 5.94. The number of hydrogen-bond acceptors (Lipinski definition) is 6. The fraction of sp³-hybridized carbons (Fsp3) is 0.368. The molecule has 1 aliphatic rings. The first-order chi connectivity index (χ1) is 12.5. The molecule has 1 aromatic heterocycles. The Morgan fingerprint density at radius 2 is 1.65 bits per heavy atom. The van der Waals surface area contributed by atoms with Gasteiger partial charge in [-0.05, 0) is 44.2 Å². The Labute approximate surface area is 152 Å². The van der Waals surface area contributed by atoms with Crippen molar-refractivity contribution in [3.63, 3.8) is 0 Å². The van der Waals surface area contributed by atoms with Crippen molar-refractivity contribution in [2.24, 2.45) is 0 Å². The molecule has 1 amide bonds. The number of aromatic nitrogens is 2. The lowest BCUT2D eigenvalue weighted by Gasteiger charge is -2.35. The Morgan fingerprint density at radius 1 is 1.04 bits per heavy atom. The number of carbonyl (C=O) groups is 2. The second kappa shape index (κ2) is 7.95. The molecule has 3 rings (SSSR count). The summed E-state index contributed by atoms with van der Waals surface area (Å²) in [5.41, 5.74) is 0.621. The summed E-state index contributed by atoms with van der Waals surface area (Å²) in [7, 11) is 0. The number of carbonyl (C=O) groups excluding carboxylic acids is 2. The van der Waals surface area contributed by atoms with Gasteiger partial charge < -0.3 is 14.5 Å². The Bertz CT molecular complexity index is 756. The Morgan fingerprint density at radius 3 is 2.23 bits per heavy atom. The van der Waals surface area contributed by atoms with E-state index in [9.17, 15) is 9.59 Å². The Hall–Kier alpha value is -2.96. The zero-order valence-corrected chi connectivity index (χ0v) is 15.0. The molecular formula is C19H22N4O3. The molecular weight excluding hydrogens is 332 g/mol. The minimum Gasteiger partial charge on any atom is -0.481 e. The summed E-state index contributed by atoms with van der Waals surface area (Å²) in [5.74, 6) is 1.22. The lowest BCUT2D eigenvalue weighted by atomic mass is 10.1. The molecule has 0 saturated carbocycles. The van der Waals surface area contributed by atoms with E-state index in [-0.39, 0.29) is 11.7 Å². The molecule has 2 heterocycles. The monoisotopic (exact) mass is 354 g/mol. The average Bonchev–Trinajstić information content (AvgIpc) is 2.68. The van der Waals surface area contributed by atoms with Gasteiger partial charge in [-0.15, -0.1) is 0 Å². The third kappa shape index (κ3) is 4.17. The van der Waals surface area contributed by atoms with Crippen LogP contribution >= 0.6 is 0 Å². The van der Waals surface area contributed by atoms with E-state index in [0.717, 1.165) is 0 Å². The molecule has 0 radical (unpaired) electrons. The summed E-state index contributed by atoms with van der Waals surface area (Å²) < 4.78 is 5.73. The van der Waals surface area contributed by atoms with Crippen molar-refractivity contribution in [2.75, 3.05) is 31.1 Å². The number of piperazine rings is 1. The molecule has 1 saturated heterocycles. The van der Waals surface area contributed by atoms with E-state index >= 15 is 0 Å². The molecule has 0 N–H and O–H groups in total. The summed E-state index contributed by atoms with van der Waals surface area (Å²) in [4.78, 5) is 36.3. The number of rotatable bonds is 5. The van der Waals surface area contributed by atoms with E-state index < -0.39 is 6.10 Å². The predicted octanol–water partition coefficient (Wildman–Crippen LogP) is 1.80. The van der Waals surface area contributed by atoms with Gasteiger partial charge in [-0.3, -0.25) is 9.59 Å². The molecule has 1 fully saturated rings. The molecule has 1 atom stereocenters. The molecule has 1 aromatic carbocycles.